The topological polar surface area (TPSA) is 116 Å². The molecule has 0 atom stereocenters. The van der Waals surface area contributed by atoms with Crippen molar-refractivity contribution in [2.75, 3.05) is 31.1 Å². The van der Waals surface area contributed by atoms with Crippen molar-refractivity contribution < 1.29 is 12.9 Å². The second kappa shape index (κ2) is 6.78. The first kappa shape index (κ1) is 17.3. The van der Waals surface area contributed by atoms with Crippen LogP contribution in [0.25, 0.3) is 0 Å². The summed E-state index contributed by atoms with van der Waals surface area (Å²) < 4.78 is 32.3. The maximum Gasteiger partial charge on any atom is 0.248 e. The van der Waals surface area contributed by atoms with Gasteiger partial charge >= 0.3 is 0 Å². The van der Waals surface area contributed by atoms with E-state index < -0.39 is 10.0 Å². The van der Waals surface area contributed by atoms with E-state index in [0.717, 1.165) is 0 Å². The van der Waals surface area contributed by atoms with Gasteiger partial charge in [0.15, 0.2) is 17.3 Å². The van der Waals surface area contributed by atoms with E-state index in [1.165, 1.54) is 4.31 Å². The van der Waals surface area contributed by atoms with Gasteiger partial charge in [0.25, 0.3) is 0 Å². The Labute approximate surface area is 145 Å². The second-order valence-electron chi connectivity index (χ2n) is 5.79. The van der Waals surface area contributed by atoms with Gasteiger partial charge in [-0.05, 0) is 32.4 Å². The maximum absolute atomic E-state index is 12.9. The van der Waals surface area contributed by atoms with Gasteiger partial charge in [-0.15, -0.1) is 10.2 Å². The standard InChI is InChI=1S/C15H18N6O3S/c1-11-15(12(2)24-19-11)25(22,23)21-7-3-6-20(8-9-21)14-5-4-13(10-16)17-18-14/h4-5H,3,6-9H2,1-2H3. The van der Waals surface area contributed by atoms with Crippen molar-refractivity contribution in [2.45, 2.75) is 25.2 Å². The van der Waals surface area contributed by atoms with E-state index in [2.05, 4.69) is 15.4 Å². The van der Waals surface area contributed by atoms with E-state index in [1.54, 1.807) is 26.0 Å². The summed E-state index contributed by atoms with van der Waals surface area (Å²) >= 11 is 0. The molecule has 0 aliphatic carbocycles. The Morgan fingerprint density at radius 2 is 1.96 bits per heavy atom. The summed E-state index contributed by atoms with van der Waals surface area (Å²) in [5, 5.41) is 20.4. The molecule has 0 N–H and O–H groups in total. The van der Waals surface area contributed by atoms with Gasteiger partial charge in [0.05, 0.1) is 0 Å². The first-order chi connectivity index (χ1) is 11.9. The molecule has 0 saturated carbocycles. The fraction of sp³-hybridized carbons (Fsp3) is 0.467. The van der Waals surface area contributed by atoms with Crippen LogP contribution in [0, 0.1) is 25.2 Å². The van der Waals surface area contributed by atoms with Crippen molar-refractivity contribution in [2.24, 2.45) is 0 Å². The van der Waals surface area contributed by atoms with Crippen LogP contribution in [0.3, 0.4) is 0 Å². The van der Waals surface area contributed by atoms with E-state index in [0.29, 0.717) is 49.9 Å². The average Bonchev–Trinajstić information content (AvgIpc) is 2.81. The summed E-state index contributed by atoms with van der Waals surface area (Å²) in [4.78, 5) is 2.12. The molecular weight excluding hydrogens is 344 g/mol. The molecule has 25 heavy (non-hydrogen) atoms. The monoisotopic (exact) mass is 362 g/mol. The van der Waals surface area contributed by atoms with Gasteiger partial charge in [-0.2, -0.15) is 9.57 Å². The Kier molecular flexibility index (Phi) is 4.69. The number of nitriles is 1. The highest BCUT2D eigenvalue weighted by Gasteiger charge is 2.32. The van der Waals surface area contributed by atoms with E-state index in [-0.39, 0.29) is 10.6 Å². The summed E-state index contributed by atoms with van der Waals surface area (Å²) in [5.74, 6) is 0.937. The average molecular weight is 362 g/mol. The zero-order valence-electron chi connectivity index (χ0n) is 14.0. The van der Waals surface area contributed by atoms with Crippen LogP contribution in [-0.4, -0.2) is 54.3 Å². The van der Waals surface area contributed by atoms with Crippen molar-refractivity contribution in [1.82, 2.24) is 19.7 Å². The van der Waals surface area contributed by atoms with E-state index >= 15 is 0 Å². The highest BCUT2D eigenvalue weighted by atomic mass is 32.2. The first-order valence-corrected chi connectivity index (χ1v) is 9.29. The Morgan fingerprint density at radius 1 is 1.16 bits per heavy atom. The molecule has 0 unspecified atom stereocenters. The maximum atomic E-state index is 12.9. The third kappa shape index (κ3) is 3.33. The summed E-state index contributed by atoms with van der Waals surface area (Å²) in [6.07, 6.45) is 0.657. The summed E-state index contributed by atoms with van der Waals surface area (Å²) in [6.45, 7) is 5.11. The van der Waals surface area contributed by atoms with E-state index in [1.807, 2.05) is 11.0 Å². The number of hydrogen-bond donors (Lipinski definition) is 0. The fourth-order valence-corrected chi connectivity index (χ4v) is 4.65. The lowest BCUT2D eigenvalue weighted by atomic mass is 10.3. The molecule has 1 saturated heterocycles. The van der Waals surface area contributed by atoms with Gasteiger partial charge in [0, 0.05) is 26.2 Å². The van der Waals surface area contributed by atoms with Crippen molar-refractivity contribution >= 4 is 15.8 Å². The molecule has 9 nitrogen and oxygen atoms in total. The molecule has 0 amide bonds. The normalized spacial score (nSPS) is 16.4. The lowest BCUT2D eigenvalue weighted by molar-refractivity contribution is 0.389. The number of sulfonamides is 1. The number of aryl methyl sites for hydroxylation is 2. The van der Waals surface area contributed by atoms with Crippen LogP contribution in [0.2, 0.25) is 0 Å². The van der Waals surface area contributed by atoms with Crippen LogP contribution in [0.15, 0.2) is 21.6 Å². The van der Waals surface area contributed by atoms with Gasteiger partial charge in [-0.3, -0.25) is 0 Å². The predicted molar refractivity (Wildman–Crippen MR) is 88.3 cm³/mol. The summed E-state index contributed by atoms with van der Waals surface area (Å²) in [5.41, 5.74) is 0.623. The Hall–Kier alpha value is -2.51. The predicted octanol–water partition coefficient (Wildman–Crippen LogP) is 0.854. The Morgan fingerprint density at radius 3 is 2.56 bits per heavy atom. The zero-order valence-corrected chi connectivity index (χ0v) is 14.8. The van der Waals surface area contributed by atoms with Crippen LogP contribution >= 0.6 is 0 Å². The largest absolute Gasteiger partial charge is 0.360 e. The Balaban J connectivity index is 1.78. The molecule has 2 aromatic heterocycles. The molecule has 1 aliphatic rings. The molecule has 1 fully saturated rings. The number of hydrogen-bond acceptors (Lipinski definition) is 8. The SMILES string of the molecule is Cc1noc(C)c1S(=O)(=O)N1CCCN(c2ccc(C#N)nn2)CC1. The van der Waals surface area contributed by atoms with Gasteiger partial charge in [-0.1, -0.05) is 5.16 Å². The van der Waals surface area contributed by atoms with Crippen molar-refractivity contribution in [3.05, 3.63) is 29.3 Å². The molecule has 1 aliphatic heterocycles. The minimum atomic E-state index is -3.65. The van der Waals surface area contributed by atoms with Gasteiger partial charge in [-0.25, -0.2) is 8.42 Å². The van der Waals surface area contributed by atoms with Crippen LogP contribution in [0.4, 0.5) is 5.82 Å². The number of nitrogens with zero attached hydrogens (tertiary/aromatic N) is 6. The second-order valence-corrected chi connectivity index (χ2v) is 7.66. The third-order valence-electron chi connectivity index (χ3n) is 4.11. The van der Waals surface area contributed by atoms with E-state index in [9.17, 15) is 8.42 Å². The highest BCUT2D eigenvalue weighted by Crippen LogP contribution is 2.24. The third-order valence-corrected chi connectivity index (χ3v) is 6.25. The van der Waals surface area contributed by atoms with Gasteiger partial charge < -0.3 is 9.42 Å². The van der Waals surface area contributed by atoms with Crippen LogP contribution in [0.5, 0.6) is 0 Å². The number of aromatic nitrogens is 3. The van der Waals surface area contributed by atoms with Crippen LogP contribution < -0.4 is 4.90 Å². The minimum Gasteiger partial charge on any atom is -0.360 e. The number of anilines is 1. The Bertz CT molecular complexity index is 881. The van der Waals surface area contributed by atoms with Crippen molar-refractivity contribution in [3.8, 4) is 6.07 Å². The molecule has 0 aromatic carbocycles. The highest BCUT2D eigenvalue weighted by molar-refractivity contribution is 7.89. The number of rotatable bonds is 3. The molecule has 0 spiro atoms. The molecule has 3 rings (SSSR count). The molecule has 2 aromatic rings. The molecule has 132 valence electrons. The van der Waals surface area contributed by atoms with Gasteiger partial charge in [0.1, 0.15) is 16.7 Å². The molecule has 3 heterocycles. The summed E-state index contributed by atoms with van der Waals surface area (Å²) in [7, 11) is -3.65. The quantitative estimate of drug-likeness (QED) is 0.789. The summed E-state index contributed by atoms with van der Waals surface area (Å²) in [6, 6.07) is 5.26. The lowest BCUT2D eigenvalue weighted by Crippen LogP contribution is -2.35. The van der Waals surface area contributed by atoms with Gasteiger partial charge in [0.2, 0.25) is 10.0 Å². The van der Waals surface area contributed by atoms with Crippen LogP contribution in [0.1, 0.15) is 23.6 Å². The molecular formula is C15H18N6O3S. The van der Waals surface area contributed by atoms with Crippen molar-refractivity contribution in [3.63, 3.8) is 0 Å². The first-order valence-electron chi connectivity index (χ1n) is 7.85. The minimum absolute atomic E-state index is 0.152. The smallest absolute Gasteiger partial charge is 0.248 e. The molecule has 10 heteroatoms. The van der Waals surface area contributed by atoms with E-state index in [4.69, 9.17) is 9.78 Å². The molecule has 0 radical (unpaired) electrons. The molecule has 0 bridgehead atoms. The zero-order chi connectivity index (χ0) is 18.0. The van der Waals surface area contributed by atoms with Crippen LogP contribution in [-0.2, 0) is 10.0 Å². The van der Waals surface area contributed by atoms with Crippen molar-refractivity contribution in [1.29, 1.82) is 5.26 Å². The lowest BCUT2D eigenvalue weighted by Gasteiger charge is -2.22. The fourth-order valence-electron chi connectivity index (χ4n) is 2.89.